The zero-order chi connectivity index (χ0) is 20.1. The van der Waals surface area contributed by atoms with E-state index in [2.05, 4.69) is 30.3 Å². The molecule has 0 radical (unpaired) electrons. The molecule has 2 heterocycles. The third-order valence-corrected chi connectivity index (χ3v) is 6.74. The first-order valence-corrected chi connectivity index (χ1v) is 10.7. The quantitative estimate of drug-likeness (QED) is 0.821. The van der Waals surface area contributed by atoms with Gasteiger partial charge in [0, 0.05) is 5.92 Å². The lowest BCUT2D eigenvalue weighted by Gasteiger charge is -2.38. The number of hydrazone groups is 1. The molecule has 5 rings (SSSR count). The molecule has 0 saturated carbocycles. The van der Waals surface area contributed by atoms with Gasteiger partial charge in [0.05, 0.1) is 25.3 Å². The number of benzene rings is 2. The summed E-state index contributed by atoms with van der Waals surface area (Å²) in [6.45, 7) is 0. The molecule has 2 aromatic carbocycles. The molecule has 146 valence electrons. The van der Waals surface area contributed by atoms with Gasteiger partial charge in [0.2, 0.25) is 0 Å². The van der Waals surface area contributed by atoms with Crippen LogP contribution in [-0.4, -0.2) is 34.4 Å². The number of hydrogen-bond donors (Lipinski definition) is 1. The van der Waals surface area contributed by atoms with E-state index in [9.17, 15) is 10.4 Å². The number of rotatable bonds is 2. The first-order chi connectivity index (χ1) is 14.2. The fraction of sp³-hybridized carbons (Fsp3) is 0.318. The summed E-state index contributed by atoms with van der Waals surface area (Å²) in [6.07, 6.45) is 2.84. The summed E-state index contributed by atoms with van der Waals surface area (Å²) in [7, 11) is 1.54. The number of hydrogen-bond acceptors (Lipinski definition) is 7. The predicted molar refractivity (Wildman–Crippen MR) is 113 cm³/mol. The van der Waals surface area contributed by atoms with Crippen LogP contribution in [0.5, 0.6) is 11.5 Å². The summed E-state index contributed by atoms with van der Waals surface area (Å²) >= 11 is 1.50. The highest BCUT2D eigenvalue weighted by Crippen LogP contribution is 2.53. The van der Waals surface area contributed by atoms with Gasteiger partial charge in [0.15, 0.2) is 17.4 Å². The average Bonchev–Trinajstić information content (AvgIpc) is 3.31. The normalized spacial score (nSPS) is 26.7. The monoisotopic (exact) mass is 404 g/mol. The molecule has 29 heavy (non-hydrogen) atoms. The number of phenols is 1. The number of fused-ring (bicyclic) bond motifs is 5. The van der Waals surface area contributed by atoms with Crippen LogP contribution in [0.25, 0.3) is 0 Å². The van der Waals surface area contributed by atoms with E-state index < -0.39 is 5.92 Å². The van der Waals surface area contributed by atoms with Gasteiger partial charge in [-0.25, -0.2) is 5.01 Å². The Morgan fingerprint density at radius 2 is 2.10 bits per heavy atom. The molecular formula is C22H20N4O2S. The standard InChI is InChI=1S/C22H20N4O2S/c1-28-18-10-13(7-8-17(18)27)19-15-9-12-5-3-4-6-14(12)20(15)26-21(24-19)16(11-23)22(25-26)29-2/h3-8,10,15-16,19-20,27H,9H2,1-2H3. The lowest BCUT2D eigenvalue weighted by molar-refractivity contribution is 0.204. The van der Waals surface area contributed by atoms with Gasteiger partial charge in [-0.2, -0.15) is 10.4 Å². The molecule has 0 aromatic heterocycles. The molecule has 4 unspecified atom stereocenters. The van der Waals surface area contributed by atoms with E-state index in [4.69, 9.17) is 14.8 Å². The molecule has 0 fully saturated rings. The topological polar surface area (TPSA) is 81.2 Å². The highest BCUT2D eigenvalue weighted by Gasteiger charge is 2.50. The summed E-state index contributed by atoms with van der Waals surface area (Å²) in [5.74, 6) is 1.000. The Labute approximate surface area is 173 Å². The molecule has 3 aliphatic rings. The van der Waals surface area contributed by atoms with Gasteiger partial charge < -0.3 is 9.84 Å². The van der Waals surface area contributed by atoms with E-state index in [1.54, 1.807) is 13.2 Å². The summed E-state index contributed by atoms with van der Waals surface area (Å²) < 4.78 is 5.33. The summed E-state index contributed by atoms with van der Waals surface area (Å²) in [4.78, 5) is 5.05. The van der Waals surface area contributed by atoms with Crippen molar-refractivity contribution in [3.8, 4) is 17.6 Å². The number of thioether (sulfide) groups is 1. The molecule has 6 nitrogen and oxygen atoms in total. The highest BCUT2D eigenvalue weighted by molar-refractivity contribution is 8.13. The van der Waals surface area contributed by atoms with Gasteiger partial charge in [-0.1, -0.05) is 30.3 Å². The van der Waals surface area contributed by atoms with Crippen LogP contribution in [0.2, 0.25) is 0 Å². The fourth-order valence-corrected chi connectivity index (χ4v) is 5.27. The highest BCUT2D eigenvalue weighted by atomic mass is 32.2. The maximum absolute atomic E-state index is 10.0. The lowest BCUT2D eigenvalue weighted by atomic mass is 9.85. The van der Waals surface area contributed by atoms with Gasteiger partial charge in [-0.05, 0) is 41.5 Å². The van der Waals surface area contributed by atoms with E-state index in [1.807, 2.05) is 23.4 Å². The van der Waals surface area contributed by atoms with Gasteiger partial charge in [-0.15, -0.1) is 11.8 Å². The van der Waals surface area contributed by atoms with Crippen LogP contribution < -0.4 is 4.74 Å². The molecule has 1 N–H and O–H groups in total. The average molecular weight is 404 g/mol. The van der Waals surface area contributed by atoms with Crippen molar-refractivity contribution in [1.82, 2.24) is 5.01 Å². The minimum atomic E-state index is -0.444. The fourth-order valence-electron chi connectivity index (χ4n) is 4.71. The molecule has 2 aromatic rings. The zero-order valence-corrected chi connectivity index (χ0v) is 16.9. The number of amidine groups is 1. The lowest BCUT2D eigenvalue weighted by Crippen LogP contribution is -2.39. The molecule has 0 saturated heterocycles. The largest absolute Gasteiger partial charge is 0.504 e. The van der Waals surface area contributed by atoms with Crippen LogP contribution in [0.3, 0.4) is 0 Å². The Hall–Kier alpha value is -2.98. The molecular weight excluding hydrogens is 384 g/mol. The SMILES string of the molecule is COc1cc(C2N=C3C(C#N)C(SC)=NN3C3c4ccccc4CC23)ccc1O. The van der Waals surface area contributed by atoms with E-state index >= 15 is 0 Å². The van der Waals surface area contributed by atoms with E-state index in [0.29, 0.717) is 11.6 Å². The van der Waals surface area contributed by atoms with E-state index in [1.165, 1.54) is 22.9 Å². The van der Waals surface area contributed by atoms with Crippen LogP contribution in [0.4, 0.5) is 0 Å². The molecule has 2 aliphatic heterocycles. The minimum Gasteiger partial charge on any atom is -0.504 e. The zero-order valence-electron chi connectivity index (χ0n) is 16.1. The van der Waals surface area contributed by atoms with Crippen molar-refractivity contribution in [1.29, 1.82) is 5.26 Å². The number of aliphatic imine (C=N–C) groups is 1. The second-order valence-electron chi connectivity index (χ2n) is 7.42. The van der Waals surface area contributed by atoms with Crippen LogP contribution in [0.1, 0.15) is 28.8 Å². The van der Waals surface area contributed by atoms with Crippen molar-refractivity contribution in [3.63, 3.8) is 0 Å². The van der Waals surface area contributed by atoms with Crippen molar-refractivity contribution >= 4 is 22.6 Å². The summed E-state index contributed by atoms with van der Waals surface area (Å²) in [5.41, 5.74) is 3.53. The molecule has 0 amide bonds. The van der Waals surface area contributed by atoms with Crippen molar-refractivity contribution in [2.24, 2.45) is 21.9 Å². The first kappa shape index (κ1) is 18.1. The Morgan fingerprint density at radius 3 is 2.86 bits per heavy atom. The van der Waals surface area contributed by atoms with Crippen molar-refractivity contribution in [2.45, 2.75) is 18.5 Å². The number of nitriles is 1. The maximum atomic E-state index is 10.0. The molecule has 0 spiro atoms. The molecule has 4 atom stereocenters. The molecule has 1 aliphatic carbocycles. The summed E-state index contributed by atoms with van der Waals surface area (Å²) in [5, 5.41) is 27.4. The van der Waals surface area contributed by atoms with E-state index in [-0.39, 0.29) is 23.8 Å². The number of nitrogens with zero attached hydrogens (tertiary/aromatic N) is 4. The van der Waals surface area contributed by atoms with Gasteiger partial charge in [-0.3, -0.25) is 4.99 Å². The first-order valence-electron chi connectivity index (χ1n) is 9.50. The Balaban J connectivity index is 1.68. The summed E-state index contributed by atoms with van der Waals surface area (Å²) in [6, 6.07) is 16.1. The number of phenolic OH excluding ortho intramolecular Hbond substituents is 1. The predicted octanol–water partition coefficient (Wildman–Crippen LogP) is 3.90. The van der Waals surface area contributed by atoms with Crippen molar-refractivity contribution in [2.75, 3.05) is 13.4 Å². The van der Waals surface area contributed by atoms with Crippen LogP contribution in [0.15, 0.2) is 52.6 Å². The number of ether oxygens (including phenoxy) is 1. The number of methoxy groups -OCH3 is 1. The molecule has 7 heteroatoms. The number of aromatic hydroxyl groups is 1. The van der Waals surface area contributed by atoms with E-state index in [0.717, 1.165) is 17.0 Å². The second kappa shape index (κ2) is 6.82. The Kier molecular flexibility index (Phi) is 4.25. The van der Waals surface area contributed by atoms with Gasteiger partial charge in [0.25, 0.3) is 0 Å². The van der Waals surface area contributed by atoms with Crippen LogP contribution in [0, 0.1) is 23.2 Å². The third-order valence-electron chi connectivity index (χ3n) is 6.01. The third kappa shape index (κ3) is 2.63. The Morgan fingerprint density at radius 1 is 1.28 bits per heavy atom. The van der Waals surface area contributed by atoms with Crippen molar-refractivity contribution < 1.29 is 9.84 Å². The Bertz CT molecular complexity index is 1090. The maximum Gasteiger partial charge on any atom is 0.160 e. The second-order valence-corrected chi connectivity index (χ2v) is 8.25. The molecule has 0 bridgehead atoms. The smallest absolute Gasteiger partial charge is 0.160 e. The van der Waals surface area contributed by atoms with Crippen molar-refractivity contribution in [3.05, 3.63) is 59.2 Å². The minimum absolute atomic E-state index is 0.0454. The van der Waals surface area contributed by atoms with Crippen LogP contribution >= 0.6 is 11.8 Å². The van der Waals surface area contributed by atoms with Crippen LogP contribution in [-0.2, 0) is 6.42 Å². The van der Waals surface area contributed by atoms with Gasteiger partial charge in [0.1, 0.15) is 10.9 Å². The van der Waals surface area contributed by atoms with Gasteiger partial charge >= 0.3 is 0 Å².